The van der Waals surface area contributed by atoms with Gasteiger partial charge in [0.2, 0.25) is 11.8 Å². The molecule has 0 bridgehead atoms. The van der Waals surface area contributed by atoms with Gasteiger partial charge in [0, 0.05) is 33.3 Å². The van der Waals surface area contributed by atoms with E-state index in [9.17, 15) is 9.59 Å². The smallest absolute Gasteiger partial charge is 0.248 e. The molecular weight excluding hydrogens is 248 g/mol. The van der Waals surface area contributed by atoms with Gasteiger partial charge in [-0.05, 0) is 12.8 Å². The number of nitrogens with zero attached hydrogens (tertiary/aromatic N) is 2. The lowest BCUT2D eigenvalue weighted by molar-refractivity contribution is -0.145. The van der Waals surface area contributed by atoms with Crippen LogP contribution in [0.4, 0.5) is 0 Å². The van der Waals surface area contributed by atoms with Gasteiger partial charge < -0.3 is 19.3 Å². The number of carbonyl (C=O) groups excluding carboxylic acids is 2. The summed E-state index contributed by atoms with van der Waals surface area (Å²) in [5.74, 6) is 0.0767. The Morgan fingerprint density at radius 3 is 2.63 bits per heavy atom. The third-order valence-electron chi connectivity index (χ3n) is 3.71. The third-order valence-corrected chi connectivity index (χ3v) is 3.71. The molecule has 0 aromatic rings. The van der Waals surface area contributed by atoms with Crippen LogP contribution in [0.25, 0.3) is 0 Å². The number of carbonyl (C=O) groups is 2. The summed E-state index contributed by atoms with van der Waals surface area (Å²) in [7, 11) is 1.51. The number of ether oxygens (including phenoxy) is 2. The highest BCUT2D eigenvalue weighted by molar-refractivity contribution is 5.82. The number of rotatable bonds is 3. The molecule has 108 valence electrons. The zero-order chi connectivity index (χ0) is 13.7. The first-order valence-corrected chi connectivity index (χ1v) is 6.85. The highest BCUT2D eigenvalue weighted by atomic mass is 16.5. The molecule has 0 radical (unpaired) electrons. The molecule has 2 fully saturated rings. The first kappa shape index (κ1) is 14.3. The van der Waals surface area contributed by atoms with Crippen molar-refractivity contribution >= 4 is 11.8 Å². The summed E-state index contributed by atoms with van der Waals surface area (Å²) < 4.78 is 10.1. The van der Waals surface area contributed by atoms with E-state index in [-0.39, 0.29) is 24.3 Å². The highest BCUT2D eigenvalue weighted by Gasteiger charge is 2.31. The number of methoxy groups -OCH3 is 1. The van der Waals surface area contributed by atoms with Gasteiger partial charge in [-0.1, -0.05) is 0 Å². The molecule has 0 aromatic heterocycles. The molecule has 2 aliphatic heterocycles. The zero-order valence-corrected chi connectivity index (χ0v) is 11.5. The normalized spacial score (nSPS) is 24.4. The van der Waals surface area contributed by atoms with Crippen molar-refractivity contribution in [3.63, 3.8) is 0 Å². The first-order valence-electron chi connectivity index (χ1n) is 6.85. The SMILES string of the molecule is COCC(=O)N1CCCC(C(=O)N2CCOCC2)C1. The Kier molecular flexibility index (Phi) is 5.15. The highest BCUT2D eigenvalue weighted by Crippen LogP contribution is 2.19. The maximum absolute atomic E-state index is 12.4. The predicted molar refractivity (Wildman–Crippen MR) is 68.6 cm³/mol. The summed E-state index contributed by atoms with van der Waals surface area (Å²) in [6.45, 7) is 3.92. The lowest BCUT2D eigenvalue weighted by Gasteiger charge is -2.36. The summed E-state index contributed by atoms with van der Waals surface area (Å²) in [4.78, 5) is 27.8. The van der Waals surface area contributed by atoms with Crippen molar-refractivity contribution in [2.75, 3.05) is 53.1 Å². The van der Waals surface area contributed by atoms with E-state index in [1.54, 1.807) is 4.90 Å². The zero-order valence-electron chi connectivity index (χ0n) is 11.5. The predicted octanol–water partition coefficient (Wildman–Crippen LogP) is -0.270. The molecule has 0 saturated carbocycles. The summed E-state index contributed by atoms with van der Waals surface area (Å²) in [6.07, 6.45) is 1.75. The summed E-state index contributed by atoms with van der Waals surface area (Å²) in [5.41, 5.74) is 0. The number of morpholine rings is 1. The molecule has 1 unspecified atom stereocenters. The fraction of sp³-hybridized carbons (Fsp3) is 0.846. The molecule has 6 heteroatoms. The Hall–Kier alpha value is -1.14. The van der Waals surface area contributed by atoms with Crippen LogP contribution in [0.5, 0.6) is 0 Å². The van der Waals surface area contributed by atoms with E-state index in [0.717, 1.165) is 19.4 Å². The monoisotopic (exact) mass is 270 g/mol. The van der Waals surface area contributed by atoms with Crippen molar-refractivity contribution in [3.05, 3.63) is 0 Å². The minimum Gasteiger partial charge on any atom is -0.378 e. The second-order valence-electron chi connectivity index (χ2n) is 5.05. The van der Waals surface area contributed by atoms with Crippen molar-refractivity contribution in [2.45, 2.75) is 12.8 Å². The molecule has 0 aromatic carbocycles. The number of hydrogen-bond acceptors (Lipinski definition) is 4. The molecule has 6 nitrogen and oxygen atoms in total. The van der Waals surface area contributed by atoms with Gasteiger partial charge >= 0.3 is 0 Å². The Bertz CT molecular complexity index is 329. The second kappa shape index (κ2) is 6.86. The number of piperidine rings is 1. The van der Waals surface area contributed by atoms with Crippen molar-refractivity contribution in [1.29, 1.82) is 0 Å². The van der Waals surface area contributed by atoms with E-state index < -0.39 is 0 Å². The second-order valence-corrected chi connectivity index (χ2v) is 5.05. The quantitative estimate of drug-likeness (QED) is 0.708. The Labute approximate surface area is 113 Å². The van der Waals surface area contributed by atoms with Gasteiger partial charge in [0.05, 0.1) is 19.1 Å². The van der Waals surface area contributed by atoms with Crippen LogP contribution >= 0.6 is 0 Å². The van der Waals surface area contributed by atoms with E-state index >= 15 is 0 Å². The van der Waals surface area contributed by atoms with E-state index in [1.807, 2.05) is 4.90 Å². The lowest BCUT2D eigenvalue weighted by Crippen LogP contribution is -2.50. The van der Waals surface area contributed by atoms with Crippen LogP contribution in [0.15, 0.2) is 0 Å². The van der Waals surface area contributed by atoms with E-state index in [2.05, 4.69) is 0 Å². The molecule has 2 amide bonds. The summed E-state index contributed by atoms with van der Waals surface area (Å²) in [5, 5.41) is 0. The molecule has 1 atom stereocenters. The topological polar surface area (TPSA) is 59.1 Å². The van der Waals surface area contributed by atoms with Crippen molar-refractivity contribution < 1.29 is 19.1 Å². The number of hydrogen-bond donors (Lipinski definition) is 0. The minimum atomic E-state index is -0.0624. The molecule has 2 heterocycles. The molecule has 2 saturated heterocycles. The molecular formula is C13H22N2O4. The maximum atomic E-state index is 12.4. The van der Waals surface area contributed by atoms with Gasteiger partial charge in [-0.25, -0.2) is 0 Å². The molecule has 2 rings (SSSR count). The van der Waals surface area contributed by atoms with Crippen LogP contribution < -0.4 is 0 Å². The molecule has 0 N–H and O–H groups in total. The average molecular weight is 270 g/mol. The fourth-order valence-corrected chi connectivity index (χ4v) is 2.66. The maximum Gasteiger partial charge on any atom is 0.248 e. The minimum absolute atomic E-state index is 0.0259. The fourth-order valence-electron chi connectivity index (χ4n) is 2.66. The molecule has 0 spiro atoms. The van der Waals surface area contributed by atoms with E-state index in [0.29, 0.717) is 32.8 Å². The summed E-state index contributed by atoms with van der Waals surface area (Å²) in [6, 6.07) is 0. The van der Waals surface area contributed by atoms with Crippen LogP contribution in [0.3, 0.4) is 0 Å². The largest absolute Gasteiger partial charge is 0.378 e. The van der Waals surface area contributed by atoms with Crippen LogP contribution in [0.2, 0.25) is 0 Å². The Morgan fingerprint density at radius 2 is 1.95 bits per heavy atom. The summed E-state index contributed by atoms with van der Waals surface area (Å²) >= 11 is 0. The van der Waals surface area contributed by atoms with Crippen LogP contribution in [-0.2, 0) is 19.1 Å². The standard InChI is InChI=1S/C13H22N2O4/c1-18-10-12(16)15-4-2-3-11(9-15)13(17)14-5-7-19-8-6-14/h11H,2-10H2,1H3. The Morgan fingerprint density at radius 1 is 1.21 bits per heavy atom. The average Bonchev–Trinajstić information content (AvgIpc) is 2.48. The van der Waals surface area contributed by atoms with Crippen molar-refractivity contribution in [1.82, 2.24) is 9.80 Å². The van der Waals surface area contributed by atoms with Crippen LogP contribution in [0.1, 0.15) is 12.8 Å². The van der Waals surface area contributed by atoms with Crippen LogP contribution in [-0.4, -0.2) is 74.7 Å². The molecule has 19 heavy (non-hydrogen) atoms. The first-order chi connectivity index (χ1) is 9.22. The van der Waals surface area contributed by atoms with E-state index in [1.165, 1.54) is 7.11 Å². The van der Waals surface area contributed by atoms with Gasteiger partial charge in [0.25, 0.3) is 0 Å². The molecule has 0 aliphatic carbocycles. The van der Waals surface area contributed by atoms with Gasteiger partial charge in [0.15, 0.2) is 0 Å². The van der Waals surface area contributed by atoms with Gasteiger partial charge in [-0.3, -0.25) is 9.59 Å². The third kappa shape index (κ3) is 3.67. The van der Waals surface area contributed by atoms with Gasteiger partial charge in [-0.2, -0.15) is 0 Å². The van der Waals surface area contributed by atoms with Gasteiger partial charge in [0.1, 0.15) is 6.61 Å². The van der Waals surface area contributed by atoms with Crippen LogP contribution in [0, 0.1) is 5.92 Å². The van der Waals surface area contributed by atoms with Crippen molar-refractivity contribution in [3.8, 4) is 0 Å². The van der Waals surface area contributed by atoms with Gasteiger partial charge in [-0.15, -0.1) is 0 Å². The number of likely N-dealkylation sites (tertiary alicyclic amines) is 1. The number of amides is 2. The molecule has 2 aliphatic rings. The van der Waals surface area contributed by atoms with E-state index in [4.69, 9.17) is 9.47 Å². The lowest BCUT2D eigenvalue weighted by atomic mass is 9.96. The Balaban J connectivity index is 1.89. The van der Waals surface area contributed by atoms with Crippen molar-refractivity contribution in [2.24, 2.45) is 5.92 Å².